The molecule has 1 aromatic rings. The van der Waals surface area contributed by atoms with E-state index in [9.17, 15) is 13.2 Å². The summed E-state index contributed by atoms with van der Waals surface area (Å²) in [5, 5.41) is 3.10. The van der Waals surface area contributed by atoms with Gasteiger partial charge in [0.2, 0.25) is 5.91 Å². The molecule has 1 aromatic carbocycles. The van der Waals surface area contributed by atoms with Gasteiger partial charge in [0.25, 0.3) is 0 Å². The number of amides is 1. The zero-order valence-electron chi connectivity index (χ0n) is 13.1. The van der Waals surface area contributed by atoms with Crippen molar-refractivity contribution in [2.75, 3.05) is 25.3 Å². The van der Waals surface area contributed by atoms with Gasteiger partial charge in [0.1, 0.15) is 0 Å². The third-order valence-electron chi connectivity index (χ3n) is 4.45. The van der Waals surface area contributed by atoms with Crippen LogP contribution in [0, 0.1) is 0 Å². The van der Waals surface area contributed by atoms with E-state index in [0.29, 0.717) is 6.42 Å². The second-order valence-corrected chi connectivity index (χ2v) is 8.71. The summed E-state index contributed by atoms with van der Waals surface area (Å²) in [4.78, 5) is 13.4. The fourth-order valence-corrected chi connectivity index (χ4v) is 3.48. The van der Waals surface area contributed by atoms with Crippen LogP contribution in [0.3, 0.4) is 0 Å². The van der Waals surface area contributed by atoms with E-state index >= 15 is 0 Å². The molecule has 0 saturated carbocycles. The number of carbonyl (C=O) groups excluding carboxylic acids is 1. The normalized spacial score (nSPS) is 17.0. The number of sulfone groups is 1. The Morgan fingerprint density at radius 2 is 1.95 bits per heavy atom. The van der Waals surface area contributed by atoms with Crippen LogP contribution < -0.4 is 10.2 Å². The Balaban J connectivity index is 2.47. The van der Waals surface area contributed by atoms with Gasteiger partial charge in [-0.15, -0.1) is 0 Å². The smallest absolute Gasteiger partial charge is 0.231 e. The van der Waals surface area contributed by atoms with Crippen molar-refractivity contribution in [1.82, 2.24) is 5.32 Å². The number of rotatable bonds is 4. The topological polar surface area (TPSA) is 66.5 Å². The van der Waals surface area contributed by atoms with Crippen LogP contribution in [0.25, 0.3) is 0 Å². The fraction of sp³-hybridized carbons (Fsp3) is 0.533. The fourth-order valence-electron chi connectivity index (χ4n) is 2.80. The molecule has 0 fully saturated rings. The van der Waals surface area contributed by atoms with Crippen molar-refractivity contribution in [3.05, 3.63) is 29.3 Å². The number of anilines is 1. The average molecular weight is 310 g/mol. The number of hydrogen-bond acceptors (Lipinski definition) is 4. The SMILES string of the molecule is CNC(c1ccc2c(c1)CC(=O)N2C)C(C)(C)S(C)(=O)=O. The lowest BCUT2D eigenvalue weighted by atomic mass is 9.93. The summed E-state index contributed by atoms with van der Waals surface area (Å²) in [5.41, 5.74) is 2.73. The van der Waals surface area contributed by atoms with Crippen molar-refractivity contribution in [1.29, 1.82) is 0 Å². The lowest BCUT2D eigenvalue weighted by molar-refractivity contribution is -0.117. The van der Waals surface area contributed by atoms with E-state index in [-0.39, 0.29) is 11.9 Å². The lowest BCUT2D eigenvalue weighted by Crippen LogP contribution is -2.43. The first-order valence-electron chi connectivity index (χ1n) is 6.86. The number of benzene rings is 1. The number of hydrogen-bond donors (Lipinski definition) is 1. The summed E-state index contributed by atoms with van der Waals surface area (Å²) in [6.07, 6.45) is 1.62. The summed E-state index contributed by atoms with van der Waals surface area (Å²) in [5.74, 6) is 0.0607. The minimum Gasteiger partial charge on any atom is -0.315 e. The van der Waals surface area contributed by atoms with Gasteiger partial charge >= 0.3 is 0 Å². The van der Waals surface area contributed by atoms with E-state index in [4.69, 9.17) is 0 Å². The van der Waals surface area contributed by atoms with Crippen LogP contribution in [0.1, 0.15) is 31.0 Å². The number of fused-ring (bicyclic) bond motifs is 1. The van der Waals surface area contributed by atoms with Gasteiger partial charge in [0.05, 0.1) is 17.2 Å². The van der Waals surface area contributed by atoms with Crippen LogP contribution in [0.15, 0.2) is 18.2 Å². The van der Waals surface area contributed by atoms with Gasteiger partial charge < -0.3 is 10.2 Å². The molecule has 21 heavy (non-hydrogen) atoms. The van der Waals surface area contributed by atoms with E-state index in [0.717, 1.165) is 16.8 Å². The largest absolute Gasteiger partial charge is 0.315 e. The van der Waals surface area contributed by atoms with Crippen LogP contribution in [-0.2, 0) is 21.1 Å². The van der Waals surface area contributed by atoms with Gasteiger partial charge in [-0.25, -0.2) is 8.42 Å². The van der Waals surface area contributed by atoms with Gasteiger partial charge in [-0.05, 0) is 38.1 Å². The number of nitrogens with zero attached hydrogens (tertiary/aromatic N) is 1. The van der Waals surface area contributed by atoms with E-state index in [1.165, 1.54) is 6.26 Å². The highest BCUT2D eigenvalue weighted by Crippen LogP contribution is 2.36. The molecule has 0 saturated heterocycles. The lowest BCUT2D eigenvalue weighted by Gasteiger charge is -2.33. The predicted octanol–water partition coefficient (Wildman–Crippen LogP) is 1.29. The van der Waals surface area contributed by atoms with Gasteiger partial charge in [-0.3, -0.25) is 4.79 Å². The molecule has 2 rings (SSSR count). The molecule has 1 amide bonds. The molecule has 1 N–H and O–H groups in total. The summed E-state index contributed by atoms with van der Waals surface area (Å²) in [6, 6.07) is 5.38. The second-order valence-electron chi connectivity index (χ2n) is 6.11. The Hall–Kier alpha value is -1.40. The molecule has 116 valence electrons. The maximum Gasteiger partial charge on any atom is 0.231 e. The molecule has 1 atom stereocenters. The molecular formula is C15H22N2O3S. The van der Waals surface area contributed by atoms with Crippen molar-refractivity contribution in [3.8, 4) is 0 Å². The predicted molar refractivity (Wildman–Crippen MR) is 84.3 cm³/mol. The van der Waals surface area contributed by atoms with E-state index < -0.39 is 14.6 Å². The molecule has 1 heterocycles. The van der Waals surface area contributed by atoms with E-state index in [2.05, 4.69) is 5.32 Å². The molecule has 1 aliphatic heterocycles. The van der Waals surface area contributed by atoms with Crippen molar-refractivity contribution in [2.24, 2.45) is 0 Å². The van der Waals surface area contributed by atoms with Crippen LogP contribution in [0.5, 0.6) is 0 Å². The van der Waals surface area contributed by atoms with Gasteiger partial charge in [0.15, 0.2) is 9.84 Å². The molecule has 0 spiro atoms. The zero-order chi connectivity index (χ0) is 16.0. The summed E-state index contributed by atoms with van der Waals surface area (Å²) >= 11 is 0. The van der Waals surface area contributed by atoms with E-state index in [1.54, 1.807) is 32.8 Å². The van der Waals surface area contributed by atoms with Crippen molar-refractivity contribution < 1.29 is 13.2 Å². The van der Waals surface area contributed by atoms with Gasteiger partial charge in [-0.1, -0.05) is 12.1 Å². The molecule has 0 radical (unpaired) electrons. The van der Waals surface area contributed by atoms with Crippen LogP contribution >= 0.6 is 0 Å². The molecular weight excluding hydrogens is 288 g/mol. The Bertz CT molecular complexity index is 680. The summed E-state index contributed by atoms with van der Waals surface area (Å²) in [7, 11) is 0.269. The Morgan fingerprint density at radius 3 is 2.48 bits per heavy atom. The third kappa shape index (κ3) is 2.58. The van der Waals surface area contributed by atoms with Crippen LogP contribution in [0.4, 0.5) is 5.69 Å². The summed E-state index contributed by atoms with van der Waals surface area (Å²) < 4.78 is 23.2. The highest BCUT2D eigenvalue weighted by atomic mass is 32.2. The first-order valence-corrected chi connectivity index (χ1v) is 8.75. The van der Waals surface area contributed by atoms with Crippen molar-refractivity contribution in [2.45, 2.75) is 31.1 Å². The van der Waals surface area contributed by atoms with Crippen LogP contribution in [-0.4, -0.2) is 39.4 Å². The number of carbonyl (C=O) groups is 1. The average Bonchev–Trinajstić information content (AvgIpc) is 2.64. The first kappa shape index (κ1) is 16.0. The molecule has 0 aromatic heterocycles. The monoisotopic (exact) mass is 310 g/mol. The second kappa shape index (κ2) is 5.10. The molecule has 5 nitrogen and oxygen atoms in total. The quantitative estimate of drug-likeness (QED) is 0.910. The summed E-state index contributed by atoms with van der Waals surface area (Å²) in [6.45, 7) is 3.43. The van der Waals surface area contributed by atoms with Crippen molar-refractivity contribution in [3.63, 3.8) is 0 Å². The maximum absolute atomic E-state index is 12.1. The Kier molecular flexibility index (Phi) is 3.88. The van der Waals surface area contributed by atoms with Gasteiger partial charge in [-0.2, -0.15) is 0 Å². The molecule has 0 bridgehead atoms. The highest BCUT2D eigenvalue weighted by Gasteiger charge is 2.39. The van der Waals surface area contributed by atoms with Crippen LogP contribution in [0.2, 0.25) is 0 Å². The first-order chi connectivity index (χ1) is 9.59. The Morgan fingerprint density at radius 1 is 1.33 bits per heavy atom. The molecule has 1 unspecified atom stereocenters. The highest BCUT2D eigenvalue weighted by molar-refractivity contribution is 7.92. The zero-order valence-corrected chi connectivity index (χ0v) is 13.9. The molecule has 1 aliphatic rings. The Labute approximate surface area is 126 Å². The number of nitrogens with one attached hydrogen (secondary N) is 1. The number of likely N-dealkylation sites (N-methyl/N-ethyl adjacent to an activating group) is 1. The molecule has 0 aliphatic carbocycles. The minimum absolute atomic E-state index is 0.0607. The van der Waals surface area contributed by atoms with E-state index in [1.807, 2.05) is 18.2 Å². The maximum atomic E-state index is 12.1. The third-order valence-corrected chi connectivity index (χ3v) is 6.60. The standard InChI is InChI=1S/C15H22N2O3S/c1-15(2,21(5,19)20)14(16-3)10-6-7-12-11(8-10)9-13(18)17(12)4/h6-8,14,16H,9H2,1-5H3. The minimum atomic E-state index is -3.24. The van der Waals surface area contributed by atoms with Crippen molar-refractivity contribution >= 4 is 21.4 Å². The van der Waals surface area contributed by atoms with Gasteiger partial charge in [0, 0.05) is 19.0 Å². The molecule has 6 heteroatoms.